The van der Waals surface area contributed by atoms with Crippen molar-refractivity contribution in [2.45, 2.75) is 0 Å². The molecule has 5 nitrogen and oxygen atoms in total. The van der Waals surface area contributed by atoms with Gasteiger partial charge in [-0.25, -0.2) is 0 Å². The summed E-state index contributed by atoms with van der Waals surface area (Å²) in [4.78, 5) is 13.2. The fourth-order valence-corrected chi connectivity index (χ4v) is 1.65. The van der Waals surface area contributed by atoms with Crippen LogP contribution in [0.25, 0.3) is 0 Å². The maximum absolute atomic E-state index is 11.6. The molecule has 0 atom stereocenters. The Kier molecular flexibility index (Phi) is 2.75. The van der Waals surface area contributed by atoms with Gasteiger partial charge < -0.3 is 15.4 Å². The topological polar surface area (TPSA) is 79.3 Å². The lowest BCUT2D eigenvalue weighted by Crippen LogP contribution is -2.42. The summed E-state index contributed by atoms with van der Waals surface area (Å²) in [5.41, 5.74) is 7.12. The summed E-state index contributed by atoms with van der Waals surface area (Å²) >= 11 is 0. The highest BCUT2D eigenvalue weighted by molar-refractivity contribution is 5.96. The van der Waals surface area contributed by atoms with Crippen molar-refractivity contribution in [3.05, 3.63) is 23.8 Å². The number of morpholine rings is 1. The van der Waals surface area contributed by atoms with E-state index in [4.69, 9.17) is 15.7 Å². The quantitative estimate of drug-likeness (QED) is 0.695. The van der Waals surface area contributed by atoms with Gasteiger partial charge in [-0.3, -0.25) is 4.79 Å². The Balaban J connectivity index is 2.39. The minimum absolute atomic E-state index is 0.0647. The summed E-state index contributed by atoms with van der Waals surface area (Å²) < 4.78 is 5.03. The molecule has 1 heterocycles. The first-order valence-electron chi connectivity index (χ1n) is 4.90. The lowest BCUT2D eigenvalue weighted by molar-refractivity contribution is -0.125. The summed E-state index contributed by atoms with van der Waals surface area (Å²) in [5, 5.41) is 8.99. The largest absolute Gasteiger partial charge is 0.399 e. The Labute approximate surface area is 93.0 Å². The third-order valence-corrected chi connectivity index (χ3v) is 2.42. The molecule has 5 heteroatoms. The lowest BCUT2D eigenvalue weighted by Gasteiger charge is -2.27. The van der Waals surface area contributed by atoms with Crippen LogP contribution in [0, 0.1) is 11.3 Å². The first-order valence-corrected chi connectivity index (χ1v) is 4.90. The Morgan fingerprint density at radius 3 is 3.00 bits per heavy atom. The number of nitrogens with two attached hydrogens (primary N) is 1. The molecule has 2 rings (SSSR count). The van der Waals surface area contributed by atoms with Crippen LogP contribution in [0.2, 0.25) is 0 Å². The van der Waals surface area contributed by atoms with Crippen LogP contribution in [0.1, 0.15) is 5.56 Å². The zero-order valence-corrected chi connectivity index (χ0v) is 8.64. The molecule has 0 bridgehead atoms. The van der Waals surface area contributed by atoms with E-state index >= 15 is 0 Å². The van der Waals surface area contributed by atoms with E-state index in [2.05, 4.69) is 0 Å². The number of rotatable bonds is 1. The number of anilines is 2. The molecule has 1 aliphatic heterocycles. The lowest BCUT2D eigenvalue weighted by atomic mass is 10.1. The number of nitriles is 1. The number of hydrogen-bond acceptors (Lipinski definition) is 4. The van der Waals surface area contributed by atoms with Crippen LogP contribution in [0.3, 0.4) is 0 Å². The van der Waals surface area contributed by atoms with Crippen LogP contribution in [0.4, 0.5) is 11.4 Å². The van der Waals surface area contributed by atoms with Gasteiger partial charge in [0.2, 0.25) is 0 Å². The molecule has 1 aromatic rings. The average Bonchev–Trinajstić information content (AvgIpc) is 2.30. The molecular formula is C11H11N3O2. The van der Waals surface area contributed by atoms with Crippen LogP contribution in [-0.4, -0.2) is 25.7 Å². The van der Waals surface area contributed by atoms with Gasteiger partial charge in [-0.1, -0.05) is 0 Å². The fraction of sp³-hybridized carbons (Fsp3) is 0.273. The monoisotopic (exact) mass is 217 g/mol. The van der Waals surface area contributed by atoms with Gasteiger partial charge in [-0.2, -0.15) is 5.26 Å². The standard InChI is InChI=1S/C11H11N3O2/c12-6-8-5-9(13)1-2-10(8)14-3-4-16-7-11(14)15/h1-2,5H,3-4,7,13H2. The van der Waals surface area contributed by atoms with Crippen molar-refractivity contribution >= 4 is 17.3 Å². The Hall–Kier alpha value is -2.06. The van der Waals surface area contributed by atoms with Gasteiger partial charge in [0.1, 0.15) is 12.7 Å². The predicted octanol–water partition coefficient (Wildman–Crippen LogP) is 0.504. The first kappa shape index (κ1) is 10.5. The Morgan fingerprint density at radius 2 is 2.31 bits per heavy atom. The second-order valence-electron chi connectivity index (χ2n) is 3.49. The van der Waals surface area contributed by atoms with Gasteiger partial charge in [0.25, 0.3) is 5.91 Å². The van der Waals surface area contributed by atoms with Crippen LogP contribution in [0.15, 0.2) is 18.2 Å². The second-order valence-corrected chi connectivity index (χ2v) is 3.49. The molecule has 16 heavy (non-hydrogen) atoms. The molecule has 82 valence electrons. The maximum Gasteiger partial charge on any atom is 0.253 e. The zero-order valence-electron chi connectivity index (χ0n) is 8.64. The summed E-state index contributed by atoms with van der Waals surface area (Å²) in [6.45, 7) is 1.02. The highest BCUT2D eigenvalue weighted by Gasteiger charge is 2.22. The van der Waals surface area contributed by atoms with Crippen molar-refractivity contribution in [2.75, 3.05) is 30.4 Å². The third-order valence-electron chi connectivity index (χ3n) is 2.42. The smallest absolute Gasteiger partial charge is 0.253 e. The molecule has 0 spiro atoms. The normalized spacial score (nSPS) is 15.9. The van der Waals surface area contributed by atoms with Crippen molar-refractivity contribution in [3.63, 3.8) is 0 Å². The van der Waals surface area contributed by atoms with Gasteiger partial charge in [-0.15, -0.1) is 0 Å². The molecule has 1 amide bonds. The van der Waals surface area contributed by atoms with E-state index in [1.807, 2.05) is 6.07 Å². The van der Waals surface area contributed by atoms with Crippen molar-refractivity contribution in [2.24, 2.45) is 0 Å². The van der Waals surface area contributed by atoms with Crippen molar-refractivity contribution in [1.29, 1.82) is 5.26 Å². The Bertz CT molecular complexity index is 465. The molecule has 1 aromatic carbocycles. The molecule has 1 fully saturated rings. The van der Waals surface area contributed by atoms with Gasteiger partial charge in [0, 0.05) is 12.2 Å². The molecule has 2 N–H and O–H groups in total. The molecule has 0 unspecified atom stereocenters. The maximum atomic E-state index is 11.6. The summed E-state index contributed by atoms with van der Waals surface area (Å²) in [5.74, 6) is -0.132. The van der Waals surface area contributed by atoms with E-state index in [1.165, 1.54) is 0 Å². The number of ether oxygens (including phenoxy) is 1. The molecule has 1 aliphatic rings. The number of carbonyl (C=O) groups excluding carboxylic acids is 1. The van der Waals surface area contributed by atoms with Crippen molar-refractivity contribution in [1.82, 2.24) is 0 Å². The van der Waals surface area contributed by atoms with Gasteiger partial charge in [-0.05, 0) is 18.2 Å². The number of nitrogen functional groups attached to an aromatic ring is 1. The van der Waals surface area contributed by atoms with E-state index in [9.17, 15) is 4.79 Å². The average molecular weight is 217 g/mol. The Morgan fingerprint density at radius 1 is 1.50 bits per heavy atom. The number of amides is 1. The molecular weight excluding hydrogens is 206 g/mol. The van der Waals surface area contributed by atoms with Crippen LogP contribution < -0.4 is 10.6 Å². The number of benzene rings is 1. The number of hydrogen-bond donors (Lipinski definition) is 1. The van der Waals surface area contributed by atoms with E-state index in [-0.39, 0.29) is 12.5 Å². The summed E-state index contributed by atoms with van der Waals surface area (Å²) in [6.07, 6.45) is 0. The molecule has 1 saturated heterocycles. The summed E-state index contributed by atoms with van der Waals surface area (Å²) in [6, 6.07) is 6.98. The molecule has 0 radical (unpaired) electrons. The first-order chi connectivity index (χ1) is 7.72. The predicted molar refractivity (Wildman–Crippen MR) is 58.7 cm³/mol. The van der Waals surface area contributed by atoms with Crippen LogP contribution in [0.5, 0.6) is 0 Å². The van der Waals surface area contributed by atoms with Gasteiger partial charge in [0.15, 0.2) is 0 Å². The molecule has 0 saturated carbocycles. The van der Waals surface area contributed by atoms with Crippen molar-refractivity contribution in [3.8, 4) is 6.07 Å². The van der Waals surface area contributed by atoms with Gasteiger partial charge in [0.05, 0.1) is 17.9 Å². The number of nitrogens with zero attached hydrogens (tertiary/aromatic N) is 2. The molecule has 0 aliphatic carbocycles. The van der Waals surface area contributed by atoms with E-state index in [0.717, 1.165) is 0 Å². The highest BCUT2D eigenvalue weighted by atomic mass is 16.5. The minimum Gasteiger partial charge on any atom is -0.399 e. The van der Waals surface area contributed by atoms with Crippen LogP contribution in [-0.2, 0) is 9.53 Å². The van der Waals surface area contributed by atoms with E-state index in [0.29, 0.717) is 30.1 Å². The highest BCUT2D eigenvalue weighted by Crippen LogP contribution is 2.23. The van der Waals surface area contributed by atoms with Gasteiger partial charge >= 0.3 is 0 Å². The number of carbonyl (C=O) groups is 1. The minimum atomic E-state index is -0.132. The van der Waals surface area contributed by atoms with Crippen LogP contribution >= 0.6 is 0 Å². The summed E-state index contributed by atoms with van der Waals surface area (Å²) in [7, 11) is 0. The zero-order chi connectivity index (χ0) is 11.5. The third kappa shape index (κ3) is 1.83. The second kappa shape index (κ2) is 4.21. The van der Waals surface area contributed by atoms with E-state index in [1.54, 1.807) is 23.1 Å². The van der Waals surface area contributed by atoms with Crippen molar-refractivity contribution < 1.29 is 9.53 Å². The fourth-order valence-electron chi connectivity index (χ4n) is 1.65. The molecule has 0 aromatic heterocycles. The van der Waals surface area contributed by atoms with E-state index < -0.39 is 0 Å². The SMILES string of the molecule is N#Cc1cc(N)ccc1N1CCOCC1=O.